The van der Waals surface area contributed by atoms with E-state index < -0.39 is 12.0 Å². The number of carbonyl (C=O) groups is 3. The molecule has 0 aliphatic heterocycles. The fourth-order valence-electron chi connectivity index (χ4n) is 10.5. The lowest BCUT2D eigenvalue weighted by atomic mass is 9.43. The molecule has 5 rings (SSSR count). The Morgan fingerprint density at radius 1 is 0.933 bits per heavy atom. The number of ether oxygens (including phenoxy) is 1. The number of benzene rings is 1. The third-order valence-electron chi connectivity index (χ3n) is 12.9. The van der Waals surface area contributed by atoms with Gasteiger partial charge in [0.25, 0.3) is 0 Å². The molecule has 9 nitrogen and oxygen atoms in total. The maximum Gasteiger partial charge on any atom is 0.326 e. The zero-order valence-corrected chi connectivity index (χ0v) is 27.5. The van der Waals surface area contributed by atoms with Gasteiger partial charge >= 0.3 is 5.97 Å². The lowest BCUT2D eigenvalue weighted by molar-refractivity contribution is -0.174. The summed E-state index contributed by atoms with van der Waals surface area (Å²) in [6, 6.07) is 5.86. The number of para-hydroxylation sites is 2. The van der Waals surface area contributed by atoms with Crippen LogP contribution in [0, 0.1) is 46.3 Å². The van der Waals surface area contributed by atoms with Gasteiger partial charge in [-0.05, 0) is 123 Å². The van der Waals surface area contributed by atoms with Crippen molar-refractivity contribution >= 4 is 23.5 Å². The highest BCUT2D eigenvalue weighted by molar-refractivity contribution is 5.93. The van der Waals surface area contributed by atoms with Crippen molar-refractivity contribution in [1.29, 1.82) is 0 Å². The van der Waals surface area contributed by atoms with E-state index in [2.05, 4.69) is 31.4 Å². The van der Waals surface area contributed by atoms with Crippen LogP contribution in [0.1, 0.15) is 97.8 Å². The molecule has 0 bridgehead atoms. The van der Waals surface area contributed by atoms with Gasteiger partial charge in [-0.25, -0.2) is 4.79 Å². The van der Waals surface area contributed by atoms with E-state index in [9.17, 15) is 29.7 Å². The fraction of sp³-hybridized carbons (Fsp3) is 0.750. The van der Waals surface area contributed by atoms with Crippen molar-refractivity contribution in [2.45, 2.75) is 116 Å². The minimum atomic E-state index is -1.15. The molecule has 4 aliphatic carbocycles. The predicted octanol–water partition coefficient (Wildman–Crippen LogP) is 5.39. The lowest BCUT2D eigenvalue weighted by Gasteiger charge is -2.62. The molecule has 45 heavy (non-hydrogen) atoms. The van der Waals surface area contributed by atoms with Crippen LogP contribution in [-0.4, -0.2) is 58.5 Å². The number of nitrogens with one attached hydrogen (secondary N) is 2. The summed E-state index contributed by atoms with van der Waals surface area (Å²) in [7, 11) is 1.51. The number of hydrogen-bond donors (Lipinski definition) is 5. The van der Waals surface area contributed by atoms with Gasteiger partial charge in [-0.3, -0.25) is 9.59 Å². The first-order valence-corrected chi connectivity index (χ1v) is 17.2. The number of carboxylic acids is 1. The molecule has 0 aromatic heterocycles. The molecular formula is C36H54N2O7. The molecule has 250 valence electrons. The number of anilines is 1. The molecular weight excluding hydrogens is 572 g/mol. The molecule has 0 heterocycles. The van der Waals surface area contributed by atoms with Gasteiger partial charge in [0.05, 0.1) is 25.0 Å². The Morgan fingerprint density at radius 2 is 1.62 bits per heavy atom. The van der Waals surface area contributed by atoms with E-state index in [0.29, 0.717) is 53.4 Å². The monoisotopic (exact) mass is 626 g/mol. The Labute approximate surface area is 267 Å². The van der Waals surface area contributed by atoms with Crippen LogP contribution in [0.15, 0.2) is 24.3 Å². The minimum absolute atomic E-state index is 0.0103. The predicted molar refractivity (Wildman–Crippen MR) is 171 cm³/mol. The van der Waals surface area contributed by atoms with E-state index in [0.717, 1.165) is 51.4 Å². The summed E-state index contributed by atoms with van der Waals surface area (Å²) in [5.74, 6) is 1.13. The van der Waals surface area contributed by atoms with Crippen molar-refractivity contribution in [1.82, 2.24) is 5.32 Å². The maximum atomic E-state index is 12.9. The highest BCUT2D eigenvalue weighted by atomic mass is 16.5. The van der Waals surface area contributed by atoms with Crippen LogP contribution in [0.5, 0.6) is 5.75 Å². The van der Waals surface area contributed by atoms with Gasteiger partial charge in [0.15, 0.2) is 0 Å². The third kappa shape index (κ3) is 6.76. The zero-order valence-electron chi connectivity index (χ0n) is 27.5. The van der Waals surface area contributed by atoms with Gasteiger partial charge in [-0.2, -0.15) is 0 Å². The quantitative estimate of drug-likeness (QED) is 0.221. The Morgan fingerprint density at radius 3 is 2.36 bits per heavy atom. The van der Waals surface area contributed by atoms with Crippen molar-refractivity contribution < 1.29 is 34.4 Å². The van der Waals surface area contributed by atoms with Gasteiger partial charge < -0.3 is 30.7 Å². The first-order chi connectivity index (χ1) is 21.4. The Hall–Kier alpha value is -2.65. The van der Waals surface area contributed by atoms with Gasteiger partial charge in [0.2, 0.25) is 11.8 Å². The van der Waals surface area contributed by atoms with Crippen molar-refractivity contribution in [2.75, 3.05) is 12.4 Å². The topological polar surface area (TPSA) is 145 Å². The molecule has 11 atom stereocenters. The second kappa shape index (κ2) is 13.6. The minimum Gasteiger partial charge on any atom is -0.495 e. The average molecular weight is 627 g/mol. The number of fused-ring (bicyclic) bond motifs is 5. The molecule has 4 saturated carbocycles. The summed E-state index contributed by atoms with van der Waals surface area (Å²) in [5.41, 5.74) is 0.826. The van der Waals surface area contributed by atoms with Crippen molar-refractivity contribution in [3.63, 3.8) is 0 Å². The van der Waals surface area contributed by atoms with Crippen LogP contribution in [0.25, 0.3) is 0 Å². The second-order valence-corrected chi connectivity index (χ2v) is 15.2. The Bertz CT molecular complexity index is 1240. The Balaban J connectivity index is 1.13. The van der Waals surface area contributed by atoms with Gasteiger partial charge in [-0.1, -0.05) is 32.9 Å². The number of carboxylic acid groups (broad SMARTS) is 1. The summed E-state index contributed by atoms with van der Waals surface area (Å²) in [4.78, 5) is 37.4. The summed E-state index contributed by atoms with van der Waals surface area (Å²) in [6.45, 7) is 7.08. The molecule has 9 heteroatoms. The van der Waals surface area contributed by atoms with Gasteiger partial charge in [-0.15, -0.1) is 0 Å². The average Bonchev–Trinajstić information content (AvgIpc) is 3.36. The van der Waals surface area contributed by atoms with E-state index in [1.54, 1.807) is 24.3 Å². The van der Waals surface area contributed by atoms with Crippen LogP contribution in [0.4, 0.5) is 5.69 Å². The number of aliphatic carboxylic acids is 1. The van der Waals surface area contributed by atoms with Crippen LogP contribution in [-0.2, 0) is 14.4 Å². The maximum absolute atomic E-state index is 12.9. The van der Waals surface area contributed by atoms with Crippen molar-refractivity contribution in [3.8, 4) is 5.75 Å². The summed E-state index contributed by atoms with van der Waals surface area (Å²) in [5, 5.41) is 37.0. The number of methoxy groups -OCH3 is 1. The fourth-order valence-corrected chi connectivity index (χ4v) is 10.5. The highest BCUT2D eigenvalue weighted by Crippen LogP contribution is 2.68. The Kier molecular flexibility index (Phi) is 10.2. The number of hydrogen-bond acceptors (Lipinski definition) is 6. The van der Waals surface area contributed by atoms with Gasteiger partial charge in [0, 0.05) is 12.8 Å². The molecule has 0 spiro atoms. The molecule has 5 N–H and O–H groups in total. The van der Waals surface area contributed by atoms with E-state index in [1.165, 1.54) is 7.11 Å². The highest BCUT2D eigenvalue weighted by Gasteiger charge is 2.62. The second-order valence-electron chi connectivity index (χ2n) is 15.2. The third-order valence-corrected chi connectivity index (χ3v) is 12.9. The molecule has 4 fully saturated rings. The number of carbonyl (C=O) groups excluding carboxylic acids is 2. The molecule has 2 amide bonds. The number of amides is 2. The van der Waals surface area contributed by atoms with Crippen molar-refractivity contribution in [3.05, 3.63) is 24.3 Å². The molecule has 0 unspecified atom stereocenters. The molecule has 0 saturated heterocycles. The summed E-state index contributed by atoms with van der Waals surface area (Å²) in [6.07, 6.45) is 8.30. The van der Waals surface area contributed by atoms with Crippen LogP contribution >= 0.6 is 0 Å². The summed E-state index contributed by atoms with van der Waals surface area (Å²) >= 11 is 0. The van der Waals surface area contributed by atoms with Crippen molar-refractivity contribution in [2.24, 2.45) is 46.3 Å². The molecule has 4 aliphatic rings. The smallest absolute Gasteiger partial charge is 0.326 e. The SMILES string of the molecule is COc1ccccc1NC(=O)CC[C@H](NC(=O)CC[C@@H](C)[C@H]1CC[C@H]2[C@@H]3[C@H](O)C[C@H]4C[C@H](O)CC[C@]4(C)[C@H]3CC[C@]12C)C(=O)O. The van der Waals surface area contributed by atoms with E-state index >= 15 is 0 Å². The van der Waals surface area contributed by atoms with Crippen LogP contribution in [0.2, 0.25) is 0 Å². The summed E-state index contributed by atoms with van der Waals surface area (Å²) < 4.78 is 5.25. The lowest BCUT2D eigenvalue weighted by Crippen LogP contribution is -2.58. The molecule has 0 radical (unpaired) electrons. The van der Waals surface area contributed by atoms with E-state index in [-0.39, 0.29) is 54.1 Å². The van der Waals surface area contributed by atoms with E-state index in [4.69, 9.17) is 4.74 Å². The van der Waals surface area contributed by atoms with Crippen LogP contribution < -0.4 is 15.4 Å². The first kappa shape index (κ1) is 33.7. The number of aliphatic hydroxyl groups is 2. The standard InChI is InChI=1S/C36H54N2O7/c1-21(9-13-31(41)38-28(34(43)44)12-14-32(42)37-27-7-5-6-8-30(27)45-4)24-10-11-25-33-26(16-18-36(24,25)3)35(2)17-15-23(39)19-22(35)20-29(33)40/h5-8,21-26,28-29,33,39-40H,9-20H2,1-4H3,(H,37,42)(H,38,41)(H,43,44)/t21-,22-,23-,24-,25+,26+,28+,29-,33+,35+,36-/m1/s1. The molecule has 1 aromatic rings. The zero-order chi connectivity index (χ0) is 32.5. The van der Waals surface area contributed by atoms with E-state index in [1.807, 2.05) is 0 Å². The number of aliphatic hydroxyl groups excluding tert-OH is 2. The first-order valence-electron chi connectivity index (χ1n) is 17.2. The van der Waals surface area contributed by atoms with Gasteiger partial charge in [0.1, 0.15) is 11.8 Å². The van der Waals surface area contributed by atoms with Crippen LogP contribution in [0.3, 0.4) is 0 Å². The number of rotatable bonds is 11. The largest absolute Gasteiger partial charge is 0.495 e. The molecule has 1 aromatic carbocycles. The normalized spacial score (nSPS) is 36.9.